The molecular formula is C23H24N2O3S2. The molecule has 0 unspecified atom stereocenters. The van der Waals surface area contributed by atoms with E-state index in [2.05, 4.69) is 5.32 Å². The van der Waals surface area contributed by atoms with Gasteiger partial charge in [-0.3, -0.25) is 9.10 Å². The minimum absolute atomic E-state index is 0.227. The molecule has 0 aromatic heterocycles. The molecule has 0 atom stereocenters. The number of benzene rings is 3. The van der Waals surface area contributed by atoms with Crippen LogP contribution in [-0.4, -0.2) is 27.6 Å². The second-order valence-corrected chi connectivity index (χ2v) is 9.82. The molecule has 156 valence electrons. The molecule has 0 saturated carbocycles. The number of hydrogen-bond donors (Lipinski definition) is 1. The van der Waals surface area contributed by atoms with E-state index >= 15 is 0 Å². The average Bonchev–Trinajstić information content (AvgIpc) is 2.73. The van der Waals surface area contributed by atoms with Gasteiger partial charge >= 0.3 is 0 Å². The molecule has 0 heterocycles. The zero-order valence-electron chi connectivity index (χ0n) is 17.3. The van der Waals surface area contributed by atoms with Crippen molar-refractivity contribution in [2.75, 3.05) is 22.9 Å². The summed E-state index contributed by atoms with van der Waals surface area (Å²) >= 11 is 1.60. The van der Waals surface area contributed by atoms with Crippen molar-refractivity contribution in [3.63, 3.8) is 0 Å². The van der Waals surface area contributed by atoms with Crippen LogP contribution in [-0.2, 0) is 10.0 Å². The smallest absolute Gasteiger partial charge is 0.264 e. The van der Waals surface area contributed by atoms with E-state index in [0.717, 1.165) is 10.5 Å². The lowest BCUT2D eigenvalue weighted by Crippen LogP contribution is -2.27. The fourth-order valence-electron chi connectivity index (χ4n) is 3.05. The molecule has 0 radical (unpaired) electrons. The molecule has 0 aliphatic rings. The zero-order valence-corrected chi connectivity index (χ0v) is 19.0. The van der Waals surface area contributed by atoms with Crippen molar-refractivity contribution in [2.45, 2.75) is 23.6 Å². The highest BCUT2D eigenvalue weighted by Crippen LogP contribution is 2.27. The van der Waals surface area contributed by atoms with Crippen molar-refractivity contribution in [3.8, 4) is 0 Å². The molecule has 3 rings (SSSR count). The first kappa shape index (κ1) is 21.9. The van der Waals surface area contributed by atoms with Crippen molar-refractivity contribution in [2.24, 2.45) is 0 Å². The average molecular weight is 441 g/mol. The van der Waals surface area contributed by atoms with Gasteiger partial charge in [-0.15, -0.1) is 11.8 Å². The maximum Gasteiger partial charge on any atom is 0.264 e. The maximum absolute atomic E-state index is 13.0. The second kappa shape index (κ2) is 8.93. The molecular weight excluding hydrogens is 416 g/mol. The van der Waals surface area contributed by atoms with Crippen LogP contribution in [0.3, 0.4) is 0 Å². The molecule has 1 amide bonds. The van der Waals surface area contributed by atoms with Crippen LogP contribution >= 0.6 is 11.8 Å². The fraction of sp³-hybridized carbons (Fsp3) is 0.174. The monoisotopic (exact) mass is 440 g/mol. The van der Waals surface area contributed by atoms with E-state index in [1.54, 1.807) is 61.2 Å². The Hall–Kier alpha value is -2.77. The number of carbonyl (C=O) groups is 1. The van der Waals surface area contributed by atoms with Crippen molar-refractivity contribution in [1.29, 1.82) is 0 Å². The van der Waals surface area contributed by atoms with E-state index in [4.69, 9.17) is 0 Å². The Morgan fingerprint density at radius 2 is 1.67 bits per heavy atom. The number of rotatable bonds is 6. The summed E-state index contributed by atoms with van der Waals surface area (Å²) in [6.45, 7) is 3.70. The molecule has 0 aliphatic heterocycles. The van der Waals surface area contributed by atoms with Crippen LogP contribution in [0.25, 0.3) is 0 Å². The van der Waals surface area contributed by atoms with Crippen LogP contribution in [0.2, 0.25) is 0 Å². The highest BCUT2D eigenvalue weighted by molar-refractivity contribution is 7.98. The summed E-state index contributed by atoms with van der Waals surface area (Å²) in [4.78, 5) is 13.9. The van der Waals surface area contributed by atoms with Crippen molar-refractivity contribution < 1.29 is 13.2 Å². The van der Waals surface area contributed by atoms with Crippen LogP contribution in [0, 0.1) is 13.8 Å². The predicted octanol–water partition coefficient (Wildman–Crippen LogP) is 5.10. The third-order valence-corrected chi connectivity index (χ3v) is 7.32. The van der Waals surface area contributed by atoms with Crippen molar-refractivity contribution in [1.82, 2.24) is 0 Å². The topological polar surface area (TPSA) is 66.5 Å². The Labute approximate surface area is 182 Å². The van der Waals surface area contributed by atoms with E-state index in [0.29, 0.717) is 22.5 Å². The minimum Gasteiger partial charge on any atom is -0.322 e. The third-order valence-electron chi connectivity index (χ3n) is 4.81. The predicted molar refractivity (Wildman–Crippen MR) is 124 cm³/mol. The largest absolute Gasteiger partial charge is 0.322 e. The second-order valence-electron chi connectivity index (χ2n) is 6.97. The lowest BCUT2D eigenvalue weighted by molar-refractivity contribution is 0.102. The molecule has 0 aliphatic carbocycles. The first-order chi connectivity index (χ1) is 14.2. The number of thioether (sulfide) groups is 1. The van der Waals surface area contributed by atoms with Crippen LogP contribution in [0.15, 0.2) is 76.5 Å². The van der Waals surface area contributed by atoms with Gasteiger partial charge in [-0.05, 0) is 74.2 Å². The molecule has 3 aromatic carbocycles. The Balaban J connectivity index is 1.83. The molecule has 0 fully saturated rings. The Morgan fingerprint density at radius 1 is 0.967 bits per heavy atom. The lowest BCUT2D eigenvalue weighted by atomic mass is 10.1. The van der Waals surface area contributed by atoms with Crippen molar-refractivity contribution in [3.05, 3.63) is 83.4 Å². The Bertz CT molecular complexity index is 1170. The van der Waals surface area contributed by atoms with Crippen LogP contribution in [0.5, 0.6) is 0 Å². The molecule has 5 nitrogen and oxygen atoms in total. The van der Waals surface area contributed by atoms with Gasteiger partial charge in [-0.25, -0.2) is 8.42 Å². The Morgan fingerprint density at radius 3 is 2.30 bits per heavy atom. The summed E-state index contributed by atoms with van der Waals surface area (Å²) in [6.07, 6.45) is 1.98. The van der Waals surface area contributed by atoms with Gasteiger partial charge < -0.3 is 5.32 Å². The highest BCUT2D eigenvalue weighted by atomic mass is 32.2. The van der Waals surface area contributed by atoms with E-state index in [1.165, 1.54) is 11.4 Å². The Kier molecular flexibility index (Phi) is 6.53. The normalized spacial score (nSPS) is 11.2. The number of sulfonamides is 1. The van der Waals surface area contributed by atoms with Gasteiger partial charge in [-0.2, -0.15) is 0 Å². The van der Waals surface area contributed by atoms with Crippen LogP contribution < -0.4 is 9.62 Å². The minimum atomic E-state index is -3.69. The zero-order chi connectivity index (χ0) is 21.9. The number of nitrogens with one attached hydrogen (secondary N) is 1. The highest BCUT2D eigenvalue weighted by Gasteiger charge is 2.23. The van der Waals surface area contributed by atoms with Gasteiger partial charge in [0.15, 0.2) is 0 Å². The molecule has 0 spiro atoms. The molecule has 30 heavy (non-hydrogen) atoms. The summed E-state index contributed by atoms with van der Waals surface area (Å²) in [5, 5.41) is 2.89. The van der Waals surface area contributed by atoms with Crippen LogP contribution in [0.1, 0.15) is 21.5 Å². The van der Waals surface area contributed by atoms with E-state index < -0.39 is 10.0 Å². The molecule has 0 saturated heterocycles. The van der Waals surface area contributed by atoms with Crippen molar-refractivity contribution >= 4 is 39.1 Å². The third kappa shape index (κ3) is 4.68. The SMILES string of the molecule is CSc1cccc(NC(=O)c2ccc(N(C)S(=O)(=O)c3ccc(C)cc3)c(C)c2)c1. The number of carbonyl (C=O) groups excluding carboxylic acids is 1. The quantitative estimate of drug-likeness (QED) is 0.542. The van der Waals surface area contributed by atoms with E-state index in [9.17, 15) is 13.2 Å². The first-order valence-corrected chi connectivity index (χ1v) is 12.0. The van der Waals surface area contributed by atoms with Crippen LogP contribution in [0.4, 0.5) is 11.4 Å². The number of hydrogen-bond acceptors (Lipinski definition) is 4. The summed E-state index contributed by atoms with van der Waals surface area (Å²) in [5.41, 5.74) is 3.39. The van der Waals surface area contributed by atoms with E-state index in [-0.39, 0.29) is 10.8 Å². The van der Waals surface area contributed by atoms with Gasteiger partial charge in [0.25, 0.3) is 15.9 Å². The van der Waals surface area contributed by atoms with Gasteiger partial charge in [-0.1, -0.05) is 23.8 Å². The molecule has 3 aromatic rings. The molecule has 1 N–H and O–H groups in total. The summed E-state index contributed by atoms with van der Waals surface area (Å²) in [5.74, 6) is -0.244. The number of aryl methyl sites for hydroxylation is 2. The van der Waals surface area contributed by atoms with Gasteiger partial charge in [0.2, 0.25) is 0 Å². The van der Waals surface area contributed by atoms with Gasteiger partial charge in [0, 0.05) is 23.2 Å². The fourth-order valence-corrected chi connectivity index (χ4v) is 4.77. The van der Waals surface area contributed by atoms with Gasteiger partial charge in [0.1, 0.15) is 0 Å². The lowest BCUT2D eigenvalue weighted by Gasteiger charge is -2.22. The standard InChI is InChI=1S/C23H24N2O3S2/c1-16-8-11-21(12-9-16)30(27,28)25(3)22-13-10-18(14-17(22)2)23(26)24-19-6-5-7-20(15-19)29-4/h5-15H,1-4H3,(H,24,26). The molecule has 7 heteroatoms. The first-order valence-electron chi connectivity index (χ1n) is 9.34. The summed E-state index contributed by atoms with van der Waals surface area (Å²) in [7, 11) is -2.17. The number of anilines is 2. The number of amides is 1. The van der Waals surface area contributed by atoms with E-state index in [1.807, 2.05) is 37.4 Å². The maximum atomic E-state index is 13.0. The number of nitrogens with zero attached hydrogens (tertiary/aromatic N) is 1. The summed E-state index contributed by atoms with van der Waals surface area (Å²) < 4.78 is 27.2. The van der Waals surface area contributed by atoms with Gasteiger partial charge in [0.05, 0.1) is 10.6 Å². The molecule has 0 bridgehead atoms. The summed E-state index contributed by atoms with van der Waals surface area (Å²) in [6, 6.07) is 19.3.